The molecule has 5 nitrogen and oxygen atoms in total. The van der Waals surface area contributed by atoms with Gasteiger partial charge in [0.25, 0.3) is 5.56 Å². The first kappa shape index (κ1) is 12.5. The summed E-state index contributed by atoms with van der Waals surface area (Å²) in [5.41, 5.74) is -0.314. The molecule has 0 radical (unpaired) electrons. The largest absolute Gasteiger partial charge is 0.310 e. The fourth-order valence-corrected chi connectivity index (χ4v) is 3.39. The second-order valence-electron chi connectivity index (χ2n) is 3.70. The Morgan fingerprint density at radius 3 is 2.68 bits per heavy atom. The lowest BCUT2D eigenvalue weighted by atomic mass is 10.3. The SMILES string of the molecule is O=c1sc2ccccc2c(=O)n1Cc1nnc(Cl)s1. The molecule has 96 valence electrons. The molecule has 0 spiro atoms. The van der Waals surface area contributed by atoms with Crippen LogP contribution in [0.1, 0.15) is 5.01 Å². The van der Waals surface area contributed by atoms with Crippen molar-refractivity contribution in [1.29, 1.82) is 0 Å². The van der Waals surface area contributed by atoms with Crippen LogP contribution in [-0.2, 0) is 6.54 Å². The van der Waals surface area contributed by atoms with Crippen molar-refractivity contribution < 1.29 is 0 Å². The Kier molecular flexibility index (Phi) is 3.17. The average Bonchev–Trinajstić information content (AvgIpc) is 2.80. The van der Waals surface area contributed by atoms with Gasteiger partial charge in [0, 0.05) is 4.70 Å². The predicted molar refractivity (Wildman–Crippen MR) is 76.4 cm³/mol. The van der Waals surface area contributed by atoms with Gasteiger partial charge in [-0.2, -0.15) is 0 Å². The number of fused-ring (bicyclic) bond motifs is 1. The van der Waals surface area contributed by atoms with E-state index in [9.17, 15) is 9.59 Å². The van der Waals surface area contributed by atoms with E-state index in [1.165, 1.54) is 0 Å². The third kappa shape index (κ3) is 2.32. The van der Waals surface area contributed by atoms with Crippen LogP contribution < -0.4 is 10.4 Å². The number of hydrogen-bond acceptors (Lipinski definition) is 6. The molecule has 3 rings (SSSR count). The smallest absolute Gasteiger partial charge is 0.268 e. The molecule has 19 heavy (non-hydrogen) atoms. The molecule has 0 aliphatic carbocycles. The standard InChI is InChI=1S/C11H6ClN3O2S2/c12-10-14-13-8(19-10)5-15-9(16)6-3-1-2-4-7(6)18-11(15)17/h1-4H,5H2. The summed E-state index contributed by atoms with van der Waals surface area (Å²) in [6.45, 7) is 0.101. The Hall–Kier alpha value is -1.57. The van der Waals surface area contributed by atoms with E-state index in [4.69, 9.17) is 11.6 Å². The molecule has 0 aliphatic rings. The van der Waals surface area contributed by atoms with Gasteiger partial charge in [-0.05, 0) is 23.7 Å². The number of halogens is 1. The number of hydrogen-bond donors (Lipinski definition) is 0. The summed E-state index contributed by atoms with van der Waals surface area (Å²) in [7, 11) is 0. The molecule has 0 N–H and O–H groups in total. The van der Waals surface area contributed by atoms with Gasteiger partial charge in [-0.3, -0.25) is 14.2 Å². The van der Waals surface area contributed by atoms with E-state index in [1.54, 1.807) is 24.3 Å². The lowest BCUT2D eigenvalue weighted by molar-refractivity contribution is 0.737. The lowest BCUT2D eigenvalue weighted by Gasteiger charge is -2.02. The van der Waals surface area contributed by atoms with E-state index >= 15 is 0 Å². The third-order valence-corrected chi connectivity index (χ3v) is 4.49. The number of aromatic nitrogens is 3. The van der Waals surface area contributed by atoms with Gasteiger partial charge in [0.15, 0.2) is 0 Å². The van der Waals surface area contributed by atoms with E-state index in [2.05, 4.69) is 10.2 Å². The highest BCUT2D eigenvalue weighted by molar-refractivity contribution is 7.16. The summed E-state index contributed by atoms with van der Waals surface area (Å²) in [6, 6.07) is 7.03. The average molecular weight is 312 g/mol. The van der Waals surface area contributed by atoms with E-state index in [1.807, 2.05) is 0 Å². The van der Waals surface area contributed by atoms with Crippen molar-refractivity contribution in [3.05, 3.63) is 53.8 Å². The molecule has 2 heterocycles. The van der Waals surface area contributed by atoms with Crippen LogP contribution in [0.15, 0.2) is 33.9 Å². The molecule has 2 aromatic heterocycles. The maximum absolute atomic E-state index is 12.3. The van der Waals surface area contributed by atoms with Crippen LogP contribution in [0.2, 0.25) is 4.47 Å². The van der Waals surface area contributed by atoms with Crippen LogP contribution in [0.4, 0.5) is 0 Å². The normalized spacial score (nSPS) is 11.0. The van der Waals surface area contributed by atoms with Crippen molar-refractivity contribution in [2.45, 2.75) is 6.54 Å². The van der Waals surface area contributed by atoms with Crippen molar-refractivity contribution >= 4 is 44.4 Å². The summed E-state index contributed by atoms with van der Waals surface area (Å²) in [5.74, 6) is 0. The quantitative estimate of drug-likeness (QED) is 0.726. The highest BCUT2D eigenvalue weighted by Gasteiger charge is 2.10. The molecule has 0 amide bonds. The zero-order chi connectivity index (χ0) is 13.4. The zero-order valence-electron chi connectivity index (χ0n) is 9.37. The number of nitrogens with zero attached hydrogens (tertiary/aromatic N) is 3. The molecule has 0 atom stereocenters. The van der Waals surface area contributed by atoms with Crippen molar-refractivity contribution in [3.8, 4) is 0 Å². The second-order valence-corrected chi connectivity index (χ2v) is 6.34. The van der Waals surface area contributed by atoms with E-state index in [0.717, 1.165) is 27.2 Å². The lowest BCUT2D eigenvalue weighted by Crippen LogP contribution is -2.31. The van der Waals surface area contributed by atoms with Crippen LogP contribution in [0, 0.1) is 0 Å². The fraction of sp³-hybridized carbons (Fsp3) is 0.0909. The Morgan fingerprint density at radius 2 is 1.95 bits per heavy atom. The van der Waals surface area contributed by atoms with Crippen LogP contribution in [0.25, 0.3) is 10.1 Å². The minimum Gasteiger partial charge on any atom is -0.268 e. The Morgan fingerprint density at radius 1 is 1.16 bits per heavy atom. The van der Waals surface area contributed by atoms with Crippen molar-refractivity contribution in [2.24, 2.45) is 0 Å². The first-order valence-electron chi connectivity index (χ1n) is 5.26. The predicted octanol–water partition coefficient (Wildman–Crippen LogP) is 1.98. The maximum Gasteiger partial charge on any atom is 0.310 e. The molecule has 8 heteroatoms. The molecule has 3 aromatic rings. The molecule has 1 aromatic carbocycles. The molecule has 0 saturated heterocycles. The minimum atomic E-state index is -0.314. The molecular formula is C11H6ClN3O2S2. The van der Waals surface area contributed by atoms with Crippen molar-refractivity contribution in [2.75, 3.05) is 0 Å². The highest BCUT2D eigenvalue weighted by Crippen LogP contribution is 2.16. The number of benzene rings is 1. The fourth-order valence-electron chi connectivity index (χ4n) is 1.68. The first-order chi connectivity index (χ1) is 9.15. The maximum atomic E-state index is 12.3. The topological polar surface area (TPSA) is 64.8 Å². The van der Waals surface area contributed by atoms with Gasteiger partial charge in [-0.1, -0.05) is 34.8 Å². The molecular weight excluding hydrogens is 306 g/mol. The van der Waals surface area contributed by atoms with Gasteiger partial charge in [-0.15, -0.1) is 10.2 Å². The first-order valence-corrected chi connectivity index (χ1v) is 7.27. The Balaban J connectivity index is 2.18. The van der Waals surface area contributed by atoms with Crippen LogP contribution in [-0.4, -0.2) is 14.8 Å². The van der Waals surface area contributed by atoms with Crippen LogP contribution in [0.3, 0.4) is 0 Å². The number of rotatable bonds is 2. The van der Waals surface area contributed by atoms with Gasteiger partial charge < -0.3 is 0 Å². The van der Waals surface area contributed by atoms with Crippen LogP contribution in [0.5, 0.6) is 0 Å². The minimum absolute atomic E-state index is 0.101. The van der Waals surface area contributed by atoms with Gasteiger partial charge in [0.2, 0.25) is 4.47 Å². The summed E-state index contributed by atoms with van der Waals surface area (Å²) >= 11 is 7.88. The molecule has 0 unspecified atom stereocenters. The molecule has 0 saturated carbocycles. The summed E-state index contributed by atoms with van der Waals surface area (Å²) in [5, 5.41) is 8.53. The second kappa shape index (κ2) is 4.84. The highest BCUT2D eigenvalue weighted by atomic mass is 35.5. The molecule has 0 fully saturated rings. The summed E-state index contributed by atoms with van der Waals surface area (Å²) in [4.78, 5) is 23.9. The van der Waals surface area contributed by atoms with Crippen LogP contribution >= 0.6 is 34.3 Å². The monoisotopic (exact) mass is 311 g/mol. The molecule has 0 bridgehead atoms. The van der Waals surface area contributed by atoms with Crippen molar-refractivity contribution in [1.82, 2.24) is 14.8 Å². The van der Waals surface area contributed by atoms with E-state index in [-0.39, 0.29) is 17.0 Å². The van der Waals surface area contributed by atoms with Gasteiger partial charge in [0.05, 0.1) is 11.9 Å². The van der Waals surface area contributed by atoms with Gasteiger partial charge in [0.1, 0.15) is 5.01 Å². The van der Waals surface area contributed by atoms with Crippen molar-refractivity contribution in [3.63, 3.8) is 0 Å². The zero-order valence-corrected chi connectivity index (χ0v) is 11.8. The van der Waals surface area contributed by atoms with Gasteiger partial charge in [-0.25, -0.2) is 0 Å². The van der Waals surface area contributed by atoms with Gasteiger partial charge >= 0.3 is 4.87 Å². The molecule has 0 aliphatic heterocycles. The summed E-state index contributed by atoms with van der Waals surface area (Å²) in [6.07, 6.45) is 0. The Bertz CT molecular complexity index is 868. The van der Waals surface area contributed by atoms with E-state index < -0.39 is 0 Å². The Labute approximate surface area is 119 Å². The van der Waals surface area contributed by atoms with E-state index in [0.29, 0.717) is 19.6 Å². The third-order valence-electron chi connectivity index (χ3n) is 2.52. The summed E-state index contributed by atoms with van der Waals surface area (Å²) < 4.78 is 2.13.